The molecular weight excluding hydrogens is 510 g/mol. The zero-order chi connectivity index (χ0) is 27.5. The van der Waals surface area contributed by atoms with E-state index in [0.29, 0.717) is 33.2 Å². The SMILES string of the molecule is Cc1ccc(C)c(NC(=O)c2c(N=Cc3ccc(-c4ccc(C)c([N+](=O)[O-])c4)o3)sc3c2CCCCCC3)c1. The second kappa shape index (κ2) is 11.4. The van der Waals surface area contributed by atoms with Gasteiger partial charge in [0, 0.05) is 27.8 Å². The summed E-state index contributed by atoms with van der Waals surface area (Å²) >= 11 is 1.58. The molecule has 7 nitrogen and oxygen atoms in total. The lowest BCUT2D eigenvalue weighted by Gasteiger charge is -2.13. The Morgan fingerprint density at radius 3 is 2.56 bits per heavy atom. The third-order valence-corrected chi connectivity index (χ3v) is 8.35. The molecule has 1 N–H and O–H groups in total. The van der Waals surface area contributed by atoms with E-state index in [1.54, 1.807) is 48.7 Å². The van der Waals surface area contributed by atoms with Gasteiger partial charge in [0.15, 0.2) is 0 Å². The largest absolute Gasteiger partial charge is 0.455 e. The third-order valence-electron chi connectivity index (χ3n) is 7.15. The minimum atomic E-state index is -0.391. The van der Waals surface area contributed by atoms with Crippen LogP contribution < -0.4 is 5.32 Å². The van der Waals surface area contributed by atoms with Crippen molar-refractivity contribution in [2.75, 3.05) is 5.32 Å². The van der Waals surface area contributed by atoms with Crippen molar-refractivity contribution in [3.63, 3.8) is 0 Å². The number of thiophene rings is 1. The van der Waals surface area contributed by atoms with Crippen LogP contribution in [0.25, 0.3) is 11.3 Å². The number of nitrogens with zero attached hydrogens (tertiary/aromatic N) is 2. The lowest BCUT2D eigenvalue weighted by molar-refractivity contribution is -0.385. The van der Waals surface area contributed by atoms with Gasteiger partial charge in [-0.3, -0.25) is 14.9 Å². The van der Waals surface area contributed by atoms with Crippen LogP contribution in [0.15, 0.2) is 57.9 Å². The molecule has 8 heteroatoms. The number of furan rings is 1. The molecule has 0 saturated heterocycles. The van der Waals surface area contributed by atoms with Gasteiger partial charge in [0.2, 0.25) is 0 Å². The van der Waals surface area contributed by atoms with Crippen LogP contribution in [-0.4, -0.2) is 17.0 Å². The topological polar surface area (TPSA) is 97.7 Å². The predicted molar refractivity (Wildman–Crippen MR) is 157 cm³/mol. The number of nitro benzene ring substituents is 1. The molecule has 0 fully saturated rings. The minimum Gasteiger partial charge on any atom is -0.455 e. The number of rotatable bonds is 6. The van der Waals surface area contributed by atoms with Crippen molar-refractivity contribution in [2.24, 2.45) is 4.99 Å². The summed E-state index contributed by atoms with van der Waals surface area (Å²) in [5, 5.41) is 15.2. The van der Waals surface area contributed by atoms with E-state index in [1.165, 1.54) is 17.4 Å². The average Bonchev–Trinajstić information content (AvgIpc) is 3.49. The van der Waals surface area contributed by atoms with Crippen LogP contribution in [0.4, 0.5) is 16.4 Å². The molecule has 1 aliphatic rings. The molecule has 0 atom stereocenters. The molecule has 5 rings (SSSR count). The summed E-state index contributed by atoms with van der Waals surface area (Å²) in [6, 6.07) is 14.6. The Kier molecular flexibility index (Phi) is 7.74. The van der Waals surface area contributed by atoms with E-state index in [0.717, 1.165) is 54.5 Å². The number of nitrogens with one attached hydrogen (secondary N) is 1. The van der Waals surface area contributed by atoms with Gasteiger partial charge in [-0.05, 0) is 81.3 Å². The zero-order valence-electron chi connectivity index (χ0n) is 22.4. The average molecular weight is 542 g/mol. The van der Waals surface area contributed by atoms with E-state index in [-0.39, 0.29) is 11.6 Å². The Labute approximate surface area is 231 Å². The van der Waals surface area contributed by atoms with Crippen LogP contribution in [0.2, 0.25) is 0 Å². The number of nitro groups is 1. The molecule has 2 aromatic heterocycles. The van der Waals surface area contributed by atoms with Gasteiger partial charge >= 0.3 is 0 Å². The fourth-order valence-corrected chi connectivity index (χ4v) is 6.17. The van der Waals surface area contributed by atoms with Crippen molar-refractivity contribution in [1.29, 1.82) is 0 Å². The highest BCUT2D eigenvalue weighted by molar-refractivity contribution is 7.16. The van der Waals surface area contributed by atoms with Gasteiger partial charge in [0.1, 0.15) is 16.5 Å². The number of benzene rings is 2. The Balaban J connectivity index is 1.47. The second-order valence-electron chi connectivity index (χ2n) is 10.1. The quantitative estimate of drug-likeness (QED) is 0.150. The summed E-state index contributed by atoms with van der Waals surface area (Å²) in [4.78, 5) is 30.6. The molecule has 0 spiro atoms. The number of hydrogen-bond acceptors (Lipinski definition) is 6. The molecule has 0 bridgehead atoms. The fourth-order valence-electron chi connectivity index (χ4n) is 4.94. The number of aliphatic imine (C=N–C) groups is 1. The highest BCUT2D eigenvalue weighted by atomic mass is 32.1. The molecule has 39 heavy (non-hydrogen) atoms. The maximum atomic E-state index is 13.7. The van der Waals surface area contributed by atoms with Crippen molar-refractivity contribution >= 4 is 39.8 Å². The van der Waals surface area contributed by atoms with Gasteiger partial charge in [-0.2, -0.15) is 0 Å². The predicted octanol–water partition coefficient (Wildman–Crippen LogP) is 8.50. The van der Waals surface area contributed by atoms with Gasteiger partial charge in [-0.1, -0.05) is 37.1 Å². The number of amides is 1. The zero-order valence-corrected chi connectivity index (χ0v) is 23.2. The number of anilines is 1. The van der Waals surface area contributed by atoms with Gasteiger partial charge in [0.05, 0.1) is 16.7 Å². The summed E-state index contributed by atoms with van der Waals surface area (Å²) in [7, 11) is 0. The van der Waals surface area contributed by atoms with Crippen molar-refractivity contribution < 1.29 is 14.1 Å². The van der Waals surface area contributed by atoms with E-state index in [1.807, 2.05) is 32.0 Å². The monoisotopic (exact) mass is 541 g/mol. The number of carbonyl (C=O) groups excluding carboxylic acids is 1. The van der Waals surface area contributed by atoms with E-state index < -0.39 is 4.92 Å². The molecule has 0 aliphatic heterocycles. The standard InChI is InChI=1S/C31H31N3O4S/c1-19-10-11-20(2)25(16-19)33-30(35)29-24-8-6-4-5-7-9-28(24)39-31(29)32-18-23-14-15-27(38-23)22-13-12-21(3)26(17-22)34(36)37/h10-18H,4-9H2,1-3H3,(H,33,35). The third kappa shape index (κ3) is 5.86. The van der Waals surface area contributed by atoms with Crippen LogP contribution in [-0.2, 0) is 12.8 Å². The van der Waals surface area contributed by atoms with E-state index >= 15 is 0 Å². The molecule has 200 valence electrons. The summed E-state index contributed by atoms with van der Waals surface area (Å²) in [5.74, 6) is 0.891. The van der Waals surface area contributed by atoms with Crippen molar-refractivity contribution in [3.05, 3.63) is 97.1 Å². The van der Waals surface area contributed by atoms with E-state index in [4.69, 9.17) is 9.41 Å². The van der Waals surface area contributed by atoms with Crippen molar-refractivity contribution in [3.8, 4) is 11.3 Å². The highest BCUT2D eigenvalue weighted by Crippen LogP contribution is 2.39. The molecule has 0 saturated carbocycles. The van der Waals surface area contributed by atoms with E-state index in [9.17, 15) is 14.9 Å². The minimum absolute atomic E-state index is 0.0506. The maximum Gasteiger partial charge on any atom is 0.273 e. The molecule has 1 aliphatic carbocycles. The molecule has 2 heterocycles. The second-order valence-corrected chi connectivity index (χ2v) is 11.2. The van der Waals surface area contributed by atoms with Crippen LogP contribution in [0.5, 0.6) is 0 Å². The number of fused-ring (bicyclic) bond motifs is 1. The summed E-state index contributed by atoms with van der Waals surface area (Å²) in [5.41, 5.74) is 5.94. The van der Waals surface area contributed by atoms with Crippen LogP contribution in [0.3, 0.4) is 0 Å². The number of aryl methyl sites for hydroxylation is 4. The van der Waals surface area contributed by atoms with Crippen molar-refractivity contribution in [1.82, 2.24) is 0 Å². The van der Waals surface area contributed by atoms with Crippen molar-refractivity contribution in [2.45, 2.75) is 59.3 Å². The first-order valence-electron chi connectivity index (χ1n) is 13.2. The Morgan fingerprint density at radius 1 is 1.00 bits per heavy atom. The molecule has 4 aromatic rings. The molecule has 2 aromatic carbocycles. The van der Waals surface area contributed by atoms with Crippen LogP contribution in [0.1, 0.15) is 68.9 Å². The Bertz CT molecular complexity index is 1580. The number of hydrogen-bond donors (Lipinski definition) is 1. The lowest BCUT2D eigenvalue weighted by Crippen LogP contribution is -2.15. The lowest BCUT2D eigenvalue weighted by atomic mass is 9.96. The van der Waals surface area contributed by atoms with Gasteiger partial charge < -0.3 is 9.73 Å². The van der Waals surface area contributed by atoms with Gasteiger partial charge in [-0.15, -0.1) is 11.3 Å². The van der Waals surface area contributed by atoms with Crippen LogP contribution in [0, 0.1) is 30.9 Å². The summed E-state index contributed by atoms with van der Waals surface area (Å²) in [6.07, 6.45) is 7.98. The van der Waals surface area contributed by atoms with E-state index in [2.05, 4.69) is 5.32 Å². The Hall–Kier alpha value is -4.04. The summed E-state index contributed by atoms with van der Waals surface area (Å²) in [6.45, 7) is 5.71. The molecular formula is C31H31N3O4S. The van der Waals surface area contributed by atoms with Gasteiger partial charge in [-0.25, -0.2) is 4.99 Å². The fraction of sp³-hybridized carbons (Fsp3) is 0.290. The molecule has 0 unspecified atom stereocenters. The smallest absolute Gasteiger partial charge is 0.273 e. The first-order valence-corrected chi connectivity index (χ1v) is 14.0. The molecule has 1 amide bonds. The first-order chi connectivity index (χ1) is 18.8. The van der Waals surface area contributed by atoms with Gasteiger partial charge in [0.25, 0.3) is 11.6 Å². The summed E-state index contributed by atoms with van der Waals surface area (Å²) < 4.78 is 5.97. The Morgan fingerprint density at radius 2 is 1.77 bits per heavy atom. The molecule has 0 radical (unpaired) electrons. The highest BCUT2D eigenvalue weighted by Gasteiger charge is 2.24. The number of carbonyl (C=O) groups is 1. The maximum absolute atomic E-state index is 13.7. The van der Waals surface area contributed by atoms with Crippen LogP contribution >= 0.6 is 11.3 Å². The normalized spacial score (nSPS) is 13.6. The first kappa shape index (κ1) is 26.6.